The summed E-state index contributed by atoms with van der Waals surface area (Å²) in [6.45, 7) is 6.42. The van der Waals surface area contributed by atoms with Crippen molar-refractivity contribution in [2.75, 3.05) is 7.05 Å². The monoisotopic (exact) mass is 361 g/mol. The van der Waals surface area contributed by atoms with Crippen LogP contribution < -0.4 is 5.32 Å². The quantitative estimate of drug-likeness (QED) is 0.560. The number of non-ortho nitro benzene ring substituents is 1. The van der Waals surface area contributed by atoms with Gasteiger partial charge in [0, 0.05) is 42.8 Å². The van der Waals surface area contributed by atoms with Crippen LogP contribution in [0, 0.1) is 10.1 Å². The minimum Gasteiger partial charge on any atom is -0.309 e. The number of hydrogen-bond acceptors (Lipinski definition) is 4. The molecular weight excluding hydrogens is 338 g/mol. The topological polar surface area (TPSA) is 58.4 Å². The van der Waals surface area contributed by atoms with Gasteiger partial charge < -0.3 is 5.32 Å². The zero-order valence-electron chi connectivity index (χ0n) is 14.8. The fraction of sp³-hybridized carbons (Fsp3) is 0.368. The van der Waals surface area contributed by atoms with Gasteiger partial charge in [0.15, 0.2) is 0 Å². The molecule has 6 heteroatoms. The SMILES string of the molecule is CC(C)N(C)Cc1cccc(CNCc2cc([N+](=O)[O-])ccc2Cl)c1. The van der Waals surface area contributed by atoms with Gasteiger partial charge in [-0.1, -0.05) is 35.9 Å². The summed E-state index contributed by atoms with van der Waals surface area (Å²) in [5.74, 6) is 0. The van der Waals surface area contributed by atoms with E-state index in [0.29, 0.717) is 24.2 Å². The van der Waals surface area contributed by atoms with Crippen LogP contribution in [0.1, 0.15) is 30.5 Å². The molecule has 0 aliphatic carbocycles. The third-order valence-corrected chi connectivity index (χ3v) is 4.56. The second kappa shape index (κ2) is 8.94. The van der Waals surface area contributed by atoms with E-state index in [-0.39, 0.29) is 5.69 Å². The second-order valence-corrected chi connectivity index (χ2v) is 6.87. The largest absolute Gasteiger partial charge is 0.309 e. The van der Waals surface area contributed by atoms with Crippen molar-refractivity contribution in [3.63, 3.8) is 0 Å². The van der Waals surface area contributed by atoms with Gasteiger partial charge in [-0.25, -0.2) is 0 Å². The molecule has 1 N–H and O–H groups in total. The van der Waals surface area contributed by atoms with Crippen LogP contribution >= 0.6 is 11.6 Å². The van der Waals surface area contributed by atoms with Gasteiger partial charge in [0.05, 0.1) is 4.92 Å². The molecule has 0 saturated heterocycles. The maximum absolute atomic E-state index is 10.9. The second-order valence-electron chi connectivity index (χ2n) is 6.47. The van der Waals surface area contributed by atoms with Gasteiger partial charge in [-0.2, -0.15) is 0 Å². The van der Waals surface area contributed by atoms with Crippen LogP contribution in [0.5, 0.6) is 0 Å². The van der Waals surface area contributed by atoms with E-state index in [1.165, 1.54) is 23.3 Å². The molecule has 0 heterocycles. The fourth-order valence-corrected chi connectivity index (χ4v) is 2.64. The summed E-state index contributed by atoms with van der Waals surface area (Å²) in [7, 11) is 2.11. The normalized spacial score (nSPS) is 11.3. The first-order chi connectivity index (χ1) is 11.9. The highest BCUT2D eigenvalue weighted by Crippen LogP contribution is 2.22. The molecule has 2 rings (SSSR count). The third-order valence-electron chi connectivity index (χ3n) is 4.19. The average Bonchev–Trinajstić information content (AvgIpc) is 2.56. The number of nitrogens with zero attached hydrogens (tertiary/aromatic N) is 2. The molecule has 134 valence electrons. The molecule has 0 unspecified atom stereocenters. The molecular formula is C19H24ClN3O2. The van der Waals surface area contributed by atoms with Gasteiger partial charge in [0.2, 0.25) is 0 Å². The highest BCUT2D eigenvalue weighted by molar-refractivity contribution is 6.31. The minimum absolute atomic E-state index is 0.0555. The van der Waals surface area contributed by atoms with Gasteiger partial charge in [0.1, 0.15) is 0 Å². The van der Waals surface area contributed by atoms with E-state index in [2.05, 4.69) is 55.4 Å². The van der Waals surface area contributed by atoms with Crippen LogP contribution in [-0.2, 0) is 19.6 Å². The fourth-order valence-electron chi connectivity index (χ4n) is 2.46. The number of nitrogens with one attached hydrogen (secondary N) is 1. The standard InChI is InChI=1S/C19H24ClN3O2/c1-14(2)22(3)13-16-6-4-5-15(9-16)11-21-12-17-10-18(23(24)25)7-8-19(17)20/h4-10,14,21H,11-13H2,1-3H3. The maximum Gasteiger partial charge on any atom is 0.269 e. The predicted molar refractivity (Wildman–Crippen MR) is 102 cm³/mol. The molecule has 0 aromatic heterocycles. The molecule has 0 amide bonds. The lowest BCUT2D eigenvalue weighted by Crippen LogP contribution is -2.25. The molecule has 0 radical (unpaired) electrons. The highest BCUT2D eigenvalue weighted by Gasteiger charge is 2.09. The molecule has 0 spiro atoms. The van der Waals surface area contributed by atoms with E-state index in [1.54, 1.807) is 6.07 Å². The number of halogens is 1. The van der Waals surface area contributed by atoms with Gasteiger partial charge in [0.25, 0.3) is 5.69 Å². The zero-order valence-corrected chi connectivity index (χ0v) is 15.6. The van der Waals surface area contributed by atoms with Crippen molar-refractivity contribution < 1.29 is 4.92 Å². The van der Waals surface area contributed by atoms with Gasteiger partial charge in [-0.3, -0.25) is 15.0 Å². The Morgan fingerprint density at radius 2 is 1.88 bits per heavy atom. The first kappa shape index (κ1) is 19.4. The Kier molecular flexibility index (Phi) is 6.93. The molecule has 5 nitrogen and oxygen atoms in total. The van der Waals surface area contributed by atoms with Crippen molar-refractivity contribution in [1.29, 1.82) is 0 Å². The molecule has 25 heavy (non-hydrogen) atoms. The lowest BCUT2D eigenvalue weighted by atomic mass is 10.1. The average molecular weight is 362 g/mol. The van der Waals surface area contributed by atoms with Crippen molar-refractivity contribution in [3.05, 3.63) is 74.3 Å². The Bertz CT molecular complexity index is 734. The highest BCUT2D eigenvalue weighted by atomic mass is 35.5. The molecule has 0 aliphatic rings. The van der Waals surface area contributed by atoms with Crippen LogP contribution in [0.2, 0.25) is 5.02 Å². The van der Waals surface area contributed by atoms with Crippen LogP contribution in [0.15, 0.2) is 42.5 Å². The number of nitro groups is 1. The van der Waals surface area contributed by atoms with Gasteiger partial charge in [-0.05, 0) is 43.7 Å². The number of benzene rings is 2. The van der Waals surface area contributed by atoms with E-state index in [4.69, 9.17) is 11.6 Å². The van der Waals surface area contributed by atoms with Crippen LogP contribution in [0.4, 0.5) is 5.69 Å². The molecule has 0 atom stereocenters. The van der Waals surface area contributed by atoms with Crippen molar-refractivity contribution in [3.8, 4) is 0 Å². The molecule has 2 aromatic carbocycles. The molecule has 0 saturated carbocycles. The van der Waals surface area contributed by atoms with Crippen molar-refractivity contribution in [1.82, 2.24) is 10.2 Å². The first-order valence-corrected chi connectivity index (χ1v) is 8.66. The lowest BCUT2D eigenvalue weighted by Gasteiger charge is -2.21. The molecule has 0 fully saturated rings. The summed E-state index contributed by atoms with van der Waals surface area (Å²) in [6, 6.07) is 13.4. The van der Waals surface area contributed by atoms with Gasteiger partial charge in [-0.15, -0.1) is 0 Å². The first-order valence-electron chi connectivity index (χ1n) is 8.28. The van der Waals surface area contributed by atoms with E-state index < -0.39 is 4.92 Å². The summed E-state index contributed by atoms with van der Waals surface area (Å²) in [5, 5.41) is 14.7. The Hall–Kier alpha value is -1.95. The Morgan fingerprint density at radius 3 is 2.56 bits per heavy atom. The maximum atomic E-state index is 10.9. The Labute approximate surface area is 153 Å². The minimum atomic E-state index is -0.408. The Balaban J connectivity index is 1.96. The molecule has 0 aliphatic heterocycles. The van der Waals surface area contributed by atoms with Gasteiger partial charge >= 0.3 is 0 Å². The van der Waals surface area contributed by atoms with E-state index in [9.17, 15) is 10.1 Å². The number of nitro benzene ring substituents is 1. The van der Waals surface area contributed by atoms with Crippen molar-refractivity contribution in [2.24, 2.45) is 0 Å². The zero-order chi connectivity index (χ0) is 18.4. The smallest absolute Gasteiger partial charge is 0.269 e. The van der Waals surface area contributed by atoms with Crippen LogP contribution in [0.25, 0.3) is 0 Å². The lowest BCUT2D eigenvalue weighted by molar-refractivity contribution is -0.384. The van der Waals surface area contributed by atoms with E-state index in [1.807, 2.05) is 0 Å². The van der Waals surface area contributed by atoms with Crippen LogP contribution in [-0.4, -0.2) is 22.9 Å². The summed E-state index contributed by atoms with van der Waals surface area (Å²) in [5.41, 5.74) is 3.23. The summed E-state index contributed by atoms with van der Waals surface area (Å²) in [4.78, 5) is 12.8. The van der Waals surface area contributed by atoms with Crippen molar-refractivity contribution in [2.45, 2.75) is 39.5 Å². The van der Waals surface area contributed by atoms with Crippen LogP contribution in [0.3, 0.4) is 0 Å². The molecule has 0 bridgehead atoms. The van der Waals surface area contributed by atoms with E-state index >= 15 is 0 Å². The third kappa shape index (κ3) is 5.81. The van der Waals surface area contributed by atoms with E-state index in [0.717, 1.165) is 12.1 Å². The summed E-state index contributed by atoms with van der Waals surface area (Å²) < 4.78 is 0. The number of hydrogen-bond donors (Lipinski definition) is 1. The Morgan fingerprint density at radius 1 is 1.16 bits per heavy atom. The number of rotatable bonds is 8. The summed E-state index contributed by atoms with van der Waals surface area (Å²) in [6.07, 6.45) is 0. The predicted octanol–water partition coefficient (Wildman–Crippen LogP) is 4.38. The van der Waals surface area contributed by atoms with Crippen molar-refractivity contribution >= 4 is 17.3 Å². The summed E-state index contributed by atoms with van der Waals surface area (Å²) >= 11 is 6.13. The molecule has 2 aromatic rings.